The van der Waals surface area contributed by atoms with Gasteiger partial charge in [-0.3, -0.25) is 0 Å². The van der Waals surface area contributed by atoms with E-state index < -0.39 is 45.7 Å². The van der Waals surface area contributed by atoms with Crippen molar-refractivity contribution in [1.82, 2.24) is 4.48 Å². The summed E-state index contributed by atoms with van der Waals surface area (Å²) in [7, 11) is -1.99. The first-order chi connectivity index (χ1) is 28.8. The van der Waals surface area contributed by atoms with Crippen LogP contribution in [-0.4, -0.2) is 55.9 Å². The predicted molar refractivity (Wildman–Crippen MR) is 242 cm³/mol. The number of fused-ring (bicyclic) bond motifs is 1. The Labute approximate surface area is 363 Å². The van der Waals surface area contributed by atoms with Crippen LogP contribution in [0.2, 0.25) is 0 Å². The maximum Gasteiger partial charge on any atom is 0.598 e. The predicted octanol–water partition coefficient (Wildman–Crippen LogP) is 13.8. The Morgan fingerprint density at radius 1 is 0.548 bits per heavy atom. The Morgan fingerprint density at radius 2 is 0.952 bits per heavy atom. The van der Waals surface area contributed by atoms with Crippen LogP contribution < -0.4 is 0 Å². The number of hydrogen-bond acceptors (Lipinski definition) is 3. The molecule has 0 saturated carbocycles. The van der Waals surface area contributed by atoms with Gasteiger partial charge in [0.1, 0.15) is 0 Å². The number of nitrogens with zero attached hydrogens (tertiary/aromatic N) is 2. The van der Waals surface area contributed by atoms with E-state index >= 15 is 0 Å². The molecule has 5 aromatic rings. The molecule has 1 aliphatic rings. The fraction of sp³-hybridized carbons (Fsp3) is 0.392. The Bertz CT molecular complexity index is 2430. The van der Waals surface area contributed by atoms with Gasteiger partial charge in [0.25, 0.3) is 11.8 Å². The van der Waals surface area contributed by atoms with Gasteiger partial charge in [0, 0.05) is 33.6 Å². The molecule has 0 spiro atoms. The Morgan fingerprint density at radius 3 is 1.37 bits per heavy atom. The molecule has 62 heavy (non-hydrogen) atoms. The maximum absolute atomic E-state index is 14.7. The molecule has 0 unspecified atom stereocenters. The first-order valence-electron chi connectivity index (χ1n) is 20.9. The van der Waals surface area contributed by atoms with Crippen LogP contribution >= 0.6 is 0 Å². The molecule has 4 aromatic carbocycles. The van der Waals surface area contributed by atoms with E-state index in [1.54, 1.807) is 6.08 Å². The van der Waals surface area contributed by atoms with Gasteiger partial charge in [-0.2, -0.15) is 0 Å². The lowest BCUT2D eigenvalue weighted by atomic mass is 9.86. The normalized spacial score (nSPS) is 14.4. The molecule has 6 rings (SSSR count). The maximum atomic E-state index is 14.7. The number of aromatic nitrogens is 1. The molecule has 1 aliphatic heterocycles. The van der Waals surface area contributed by atoms with Crippen LogP contribution in [0.4, 0.5) is 26.3 Å². The largest absolute Gasteiger partial charge is 0.598 e. The van der Waals surface area contributed by atoms with Gasteiger partial charge in [-0.25, -0.2) is 31.3 Å². The van der Waals surface area contributed by atoms with Crippen molar-refractivity contribution in [1.29, 1.82) is 0 Å². The summed E-state index contributed by atoms with van der Waals surface area (Å²) in [6.07, 6.45) is 1.78. The SMILES string of the molecule is Cc1cc2c(cc1C)/C(=C/c1c(-c3ccc(C(C)(C)C)cc3)cc(-c3ccc(C(C)(C)C)cc3)n1B(OCC(F)(F)CF)OCC(F)(F)CF)N=C2c1ccc(C(C)(C)C)cc1. The second-order valence-electron chi connectivity index (χ2n) is 19.6. The van der Waals surface area contributed by atoms with Crippen LogP contribution in [0.25, 0.3) is 34.2 Å². The number of rotatable bonds is 13. The highest BCUT2D eigenvalue weighted by molar-refractivity contribution is 6.44. The molecule has 0 atom stereocenters. The van der Waals surface area contributed by atoms with Crippen molar-refractivity contribution in [3.63, 3.8) is 0 Å². The molecular weight excluding hydrogens is 797 g/mol. The highest BCUT2D eigenvalue weighted by atomic mass is 19.3. The summed E-state index contributed by atoms with van der Waals surface area (Å²) in [5, 5.41) is 0. The lowest BCUT2D eigenvalue weighted by molar-refractivity contribution is -0.0824. The third-order valence-corrected chi connectivity index (χ3v) is 11.4. The number of benzene rings is 4. The van der Waals surface area contributed by atoms with E-state index in [1.165, 1.54) is 4.48 Å². The third kappa shape index (κ3) is 10.3. The third-order valence-electron chi connectivity index (χ3n) is 11.4. The second kappa shape index (κ2) is 17.4. The van der Waals surface area contributed by atoms with E-state index in [9.17, 15) is 26.3 Å². The summed E-state index contributed by atoms with van der Waals surface area (Å²) in [5.74, 6) is -7.95. The van der Waals surface area contributed by atoms with Gasteiger partial charge in [0.15, 0.2) is 13.3 Å². The molecule has 2 heterocycles. The zero-order valence-corrected chi connectivity index (χ0v) is 37.6. The number of hydrogen-bond donors (Lipinski definition) is 0. The van der Waals surface area contributed by atoms with Crippen LogP contribution in [0.5, 0.6) is 0 Å². The fourth-order valence-electron chi connectivity index (χ4n) is 7.37. The van der Waals surface area contributed by atoms with Gasteiger partial charge in [0.05, 0.1) is 24.6 Å². The summed E-state index contributed by atoms with van der Waals surface area (Å²) in [4.78, 5) is 5.24. The van der Waals surface area contributed by atoms with E-state index in [2.05, 4.69) is 80.5 Å². The minimum Gasteiger partial charge on any atom is -0.385 e. The molecule has 0 N–H and O–H groups in total. The van der Waals surface area contributed by atoms with Crippen molar-refractivity contribution in [2.75, 3.05) is 26.6 Å². The zero-order valence-electron chi connectivity index (χ0n) is 37.6. The average molecular weight is 855 g/mol. The second-order valence-corrected chi connectivity index (χ2v) is 19.6. The first-order valence-corrected chi connectivity index (χ1v) is 20.9. The lowest BCUT2D eigenvalue weighted by Gasteiger charge is -2.24. The topological polar surface area (TPSA) is 35.8 Å². The highest BCUT2D eigenvalue weighted by Crippen LogP contribution is 2.41. The monoisotopic (exact) mass is 854 g/mol. The fourth-order valence-corrected chi connectivity index (χ4v) is 7.37. The van der Waals surface area contributed by atoms with Crippen molar-refractivity contribution in [3.05, 3.63) is 141 Å². The van der Waals surface area contributed by atoms with Crippen molar-refractivity contribution >= 4 is 24.7 Å². The van der Waals surface area contributed by atoms with E-state index in [0.29, 0.717) is 28.2 Å². The van der Waals surface area contributed by atoms with Crippen LogP contribution in [-0.2, 0) is 25.6 Å². The number of alkyl halides is 6. The van der Waals surface area contributed by atoms with Gasteiger partial charge >= 0.3 is 7.25 Å². The average Bonchev–Trinajstić information content (AvgIpc) is 3.75. The van der Waals surface area contributed by atoms with Gasteiger partial charge in [0.2, 0.25) is 0 Å². The molecule has 0 aliphatic carbocycles. The quantitative estimate of drug-likeness (QED) is 0.0874. The van der Waals surface area contributed by atoms with Crippen molar-refractivity contribution in [2.45, 2.75) is 104 Å². The van der Waals surface area contributed by atoms with Gasteiger partial charge in [-0.1, -0.05) is 135 Å². The summed E-state index contributed by atoms with van der Waals surface area (Å²) in [5.41, 5.74) is 11.2. The first kappa shape index (κ1) is 46.6. The molecule has 1 aromatic heterocycles. The van der Waals surface area contributed by atoms with Crippen molar-refractivity contribution in [2.24, 2.45) is 4.99 Å². The van der Waals surface area contributed by atoms with Crippen LogP contribution in [0, 0.1) is 13.8 Å². The number of halogens is 6. The molecule has 0 radical (unpaired) electrons. The van der Waals surface area contributed by atoms with E-state index in [0.717, 1.165) is 55.8 Å². The smallest absolute Gasteiger partial charge is 0.385 e. The minimum atomic E-state index is -3.97. The molecule has 0 saturated heterocycles. The van der Waals surface area contributed by atoms with E-state index in [1.807, 2.05) is 86.6 Å². The summed E-state index contributed by atoms with van der Waals surface area (Å²) in [6.45, 7) is 15.8. The highest BCUT2D eigenvalue weighted by Gasteiger charge is 2.40. The van der Waals surface area contributed by atoms with Crippen LogP contribution in [0.15, 0.2) is 96.0 Å². The Hall–Kier alpha value is -4.87. The van der Waals surface area contributed by atoms with Crippen LogP contribution in [0.1, 0.15) is 113 Å². The standard InChI is InChI=1S/C51H57BF6N2O2/c1-32-24-41-42(25-33(32)2)46(36-16-22-39(23-17-36)49(9,10)11)59-43(41)27-45-40(34-12-18-37(19-13-34)47(3,4)5)26-44(35-14-20-38(21-15-35)48(6,7)8)60(45)52(61-30-50(55,56)28-53)62-31-51(57,58)29-54/h12-27H,28-31H2,1-11H3/b43-27-. The van der Waals surface area contributed by atoms with Gasteiger partial charge < -0.3 is 13.8 Å². The molecule has 4 nitrogen and oxygen atoms in total. The minimum absolute atomic E-state index is 0.0760. The molecule has 0 bridgehead atoms. The van der Waals surface area contributed by atoms with Crippen molar-refractivity contribution < 1.29 is 35.7 Å². The van der Waals surface area contributed by atoms with E-state index in [4.69, 9.17) is 14.3 Å². The van der Waals surface area contributed by atoms with E-state index in [-0.39, 0.29) is 16.2 Å². The molecule has 328 valence electrons. The molecule has 11 heteroatoms. The van der Waals surface area contributed by atoms with Crippen LogP contribution in [0.3, 0.4) is 0 Å². The summed E-state index contributed by atoms with van der Waals surface area (Å²) < 4.78 is 98.8. The Kier molecular flexibility index (Phi) is 13.1. The summed E-state index contributed by atoms with van der Waals surface area (Å²) in [6, 6.07) is 29.7. The van der Waals surface area contributed by atoms with Gasteiger partial charge in [-0.15, -0.1) is 0 Å². The van der Waals surface area contributed by atoms with Crippen molar-refractivity contribution in [3.8, 4) is 22.4 Å². The number of aryl methyl sites for hydroxylation is 2. The molecule has 0 fully saturated rings. The summed E-state index contributed by atoms with van der Waals surface area (Å²) >= 11 is 0. The van der Waals surface area contributed by atoms with Gasteiger partial charge in [-0.05, 0) is 93.3 Å². The lowest BCUT2D eigenvalue weighted by Crippen LogP contribution is -2.42. The molecule has 0 amide bonds. The zero-order chi connectivity index (χ0) is 45.6. The Balaban J connectivity index is 1.69. The number of aliphatic imine (C=N–C) groups is 1. The molecular formula is C51H57BF6N2O2.